The van der Waals surface area contributed by atoms with Crippen molar-refractivity contribution in [2.24, 2.45) is 0 Å². The molecule has 0 spiro atoms. The minimum atomic E-state index is -0.210. The molecular weight excluding hydrogens is 302 g/mol. The normalized spacial score (nSPS) is 10.2. The summed E-state index contributed by atoms with van der Waals surface area (Å²) in [6.45, 7) is 2.54. The third kappa shape index (κ3) is 4.13. The molecule has 1 aromatic carbocycles. The number of nitrogens with one attached hydrogen (secondary N) is 2. The number of carbonyl (C=O) groups excluding carboxylic acids is 1. The van der Waals surface area contributed by atoms with Crippen molar-refractivity contribution >= 4 is 17.5 Å². The van der Waals surface area contributed by atoms with Gasteiger partial charge in [-0.25, -0.2) is 0 Å². The number of pyridine rings is 1. The molecule has 6 nitrogen and oxygen atoms in total. The molecule has 24 heavy (non-hydrogen) atoms. The van der Waals surface area contributed by atoms with Gasteiger partial charge in [-0.05, 0) is 43.3 Å². The maximum atomic E-state index is 12.1. The summed E-state index contributed by atoms with van der Waals surface area (Å²) in [6, 6.07) is 16.5. The summed E-state index contributed by atoms with van der Waals surface area (Å²) >= 11 is 0. The highest BCUT2D eigenvalue weighted by molar-refractivity contribution is 6.03. The van der Waals surface area contributed by atoms with Gasteiger partial charge < -0.3 is 10.6 Å². The van der Waals surface area contributed by atoms with Gasteiger partial charge in [-0.15, -0.1) is 10.2 Å². The number of anilines is 2. The second-order valence-corrected chi connectivity index (χ2v) is 5.30. The highest BCUT2D eigenvalue weighted by Crippen LogP contribution is 2.10. The maximum Gasteiger partial charge on any atom is 0.256 e. The van der Waals surface area contributed by atoms with Crippen molar-refractivity contribution in [3.63, 3.8) is 0 Å². The van der Waals surface area contributed by atoms with Crippen LogP contribution in [0.15, 0.2) is 60.8 Å². The lowest BCUT2D eigenvalue weighted by atomic mass is 10.1. The van der Waals surface area contributed by atoms with Crippen LogP contribution in [0.5, 0.6) is 0 Å². The second kappa shape index (κ2) is 7.32. The van der Waals surface area contributed by atoms with E-state index in [0.29, 0.717) is 23.7 Å². The Hall–Kier alpha value is -3.28. The van der Waals surface area contributed by atoms with Crippen LogP contribution in [0.25, 0.3) is 0 Å². The Kier molecular flexibility index (Phi) is 4.76. The minimum Gasteiger partial charge on any atom is -0.363 e. The van der Waals surface area contributed by atoms with Gasteiger partial charge in [-0.3, -0.25) is 9.78 Å². The molecular formula is C18H17N5O. The fraction of sp³-hybridized carbons (Fsp3) is 0.111. The molecule has 0 saturated carbocycles. The smallest absolute Gasteiger partial charge is 0.256 e. The summed E-state index contributed by atoms with van der Waals surface area (Å²) in [5.41, 5.74) is 2.60. The number of hydrogen-bond donors (Lipinski definition) is 2. The summed E-state index contributed by atoms with van der Waals surface area (Å²) < 4.78 is 0. The molecule has 0 fully saturated rings. The number of rotatable bonds is 5. The van der Waals surface area contributed by atoms with Gasteiger partial charge in [0.15, 0.2) is 5.82 Å². The lowest BCUT2D eigenvalue weighted by molar-refractivity contribution is 0.102. The van der Waals surface area contributed by atoms with Crippen LogP contribution in [0.3, 0.4) is 0 Å². The molecule has 2 heterocycles. The third-order valence-corrected chi connectivity index (χ3v) is 3.40. The third-order valence-electron chi connectivity index (χ3n) is 3.40. The molecule has 0 aliphatic carbocycles. The summed E-state index contributed by atoms with van der Waals surface area (Å²) in [5.74, 6) is 0.816. The lowest BCUT2D eigenvalue weighted by Crippen LogP contribution is -2.13. The Labute approximate surface area is 140 Å². The van der Waals surface area contributed by atoms with Crippen LogP contribution >= 0.6 is 0 Å². The molecule has 120 valence electrons. The zero-order chi connectivity index (χ0) is 16.8. The van der Waals surface area contributed by atoms with Crippen molar-refractivity contribution in [3.8, 4) is 0 Å². The fourth-order valence-electron chi connectivity index (χ4n) is 2.07. The Morgan fingerprint density at radius 3 is 2.38 bits per heavy atom. The molecule has 3 rings (SSSR count). The van der Waals surface area contributed by atoms with Crippen LogP contribution in [0, 0.1) is 6.92 Å². The molecule has 2 N–H and O–H groups in total. The number of aryl methyl sites for hydroxylation is 1. The number of benzene rings is 1. The first-order chi connectivity index (χ1) is 11.7. The van der Waals surface area contributed by atoms with Crippen LogP contribution in [0.2, 0.25) is 0 Å². The molecule has 3 aromatic rings. The molecule has 0 radical (unpaired) electrons. The van der Waals surface area contributed by atoms with Gasteiger partial charge in [-0.2, -0.15) is 0 Å². The lowest BCUT2D eigenvalue weighted by Gasteiger charge is -2.06. The summed E-state index contributed by atoms with van der Waals surface area (Å²) in [6.07, 6.45) is 1.74. The first-order valence-corrected chi connectivity index (χ1v) is 7.56. The van der Waals surface area contributed by atoms with Gasteiger partial charge >= 0.3 is 0 Å². The highest BCUT2D eigenvalue weighted by atomic mass is 16.1. The van der Waals surface area contributed by atoms with E-state index in [1.807, 2.05) is 37.3 Å². The molecule has 0 unspecified atom stereocenters. The quantitative estimate of drug-likeness (QED) is 0.755. The standard InChI is InChI=1S/C18H17N5O/c1-13-5-7-14(8-6-13)18(24)21-17-10-9-16(22-23-17)20-12-15-4-2-3-11-19-15/h2-11H,12H2,1H3,(H,20,22)(H,21,23,24). The monoisotopic (exact) mass is 319 g/mol. The molecule has 0 atom stereocenters. The van der Waals surface area contributed by atoms with E-state index in [4.69, 9.17) is 0 Å². The van der Waals surface area contributed by atoms with Gasteiger partial charge in [0.2, 0.25) is 0 Å². The van der Waals surface area contributed by atoms with E-state index in [-0.39, 0.29) is 5.91 Å². The van der Waals surface area contributed by atoms with Gasteiger partial charge in [0.1, 0.15) is 5.82 Å². The van der Waals surface area contributed by atoms with Crippen molar-refractivity contribution in [3.05, 3.63) is 77.6 Å². The SMILES string of the molecule is Cc1ccc(C(=O)Nc2ccc(NCc3ccccn3)nn2)cc1. The Morgan fingerprint density at radius 1 is 0.958 bits per heavy atom. The van der Waals surface area contributed by atoms with Crippen LogP contribution in [0.4, 0.5) is 11.6 Å². The topological polar surface area (TPSA) is 79.8 Å². The average molecular weight is 319 g/mol. The van der Waals surface area contributed by atoms with Crippen molar-refractivity contribution in [2.45, 2.75) is 13.5 Å². The van der Waals surface area contributed by atoms with E-state index >= 15 is 0 Å². The molecule has 2 aromatic heterocycles. The molecule has 0 aliphatic rings. The number of amides is 1. The molecule has 0 aliphatic heterocycles. The zero-order valence-corrected chi connectivity index (χ0v) is 13.2. The first kappa shape index (κ1) is 15.6. The van der Waals surface area contributed by atoms with E-state index in [9.17, 15) is 4.79 Å². The van der Waals surface area contributed by atoms with Gasteiger partial charge in [-0.1, -0.05) is 23.8 Å². The van der Waals surface area contributed by atoms with Gasteiger partial charge in [0, 0.05) is 11.8 Å². The van der Waals surface area contributed by atoms with E-state index in [2.05, 4.69) is 25.8 Å². The average Bonchev–Trinajstić information content (AvgIpc) is 2.62. The Balaban J connectivity index is 1.58. The van der Waals surface area contributed by atoms with E-state index in [1.54, 1.807) is 30.5 Å². The number of nitrogens with zero attached hydrogens (tertiary/aromatic N) is 3. The highest BCUT2D eigenvalue weighted by Gasteiger charge is 2.07. The number of hydrogen-bond acceptors (Lipinski definition) is 5. The summed E-state index contributed by atoms with van der Waals surface area (Å²) in [4.78, 5) is 16.3. The van der Waals surface area contributed by atoms with Crippen LogP contribution in [-0.4, -0.2) is 21.1 Å². The van der Waals surface area contributed by atoms with Gasteiger partial charge in [0.05, 0.1) is 12.2 Å². The largest absolute Gasteiger partial charge is 0.363 e. The van der Waals surface area contributed by atoms with Crippen molar-refractivity contribution < 1.29 is 4.79 Å². The van der Waals surface area contributed by atoms with Crippen LogP contribution in [-0.2, 0) is 6.54 Å². The van der Waals surface area contributed by atoms with Crippen molar-refractivity contribution in [2.75, 3.05) is 10.6 Å². The predicted molar refractivity (Wildman–Crippen MR) is 92.7 cm³/mol. The van der Waals surface area contributed by atoms with Crippen LogP contribution in [0.1, 0.15) is 21.6 Å². The second-order valence-electron chi connectivity index (χ2n) is 5.30. The maximum absolute atomic E-state index is 12.1. The zero-order valence-electron chi connectivity index (χ0n) is 13.2. The molecule has 0 bridgehead atoms. The number of carbonyl (C=O) groups is 1. The van der Waals surface area contributed by atoms with Gasteiger partial charge in [0.25, 0.3) is 5.91 Å². The molecule has 6 heteroatoms. The first-order valence-electron chi connectivity index (χ1n) is 7.56. The summed E-state index contributed by atoms with van der Waals surface area (Å²) in [5, 5.41) is 13.9. The molecule has 1 amide bonds. The fourth-order valence-corrected chi connectivity index (χ4v) is 2.07. The van der Waals surface area contributed by atoms with E-state index < -0.39 is 0 Å². The van der Waals surface area contributed by atoms with E-state index in [1.165, 1.54) is 0 Å². The minimum absolute atomic E-state index is 0.210. The Morgan fingerprint density at radius 2 is 1.71 bits per heavy atom. The summed E-state index contributed by atoms with van der Waals surface area (Å²) in [7, 11) is 0. The predicted octanol–water partition coefficient (Wildman–Crippen LogP) is 3.04. The van der Waals surface area contributed by atoms with Crippen LogP contribution < -0.4 is 10.6 Å². The van der Waals surface area contributed by atoms with E-state index in [0.717, 1.165) is 11.3 Å². The van der Waals surface area contributed by atoms with Crippen molar-refractivity contribution in [1.82, 2.24) is 15.2 Å². The Bertz CT molecular complexity index is 801. The van der Waals surface area contributed by atoms with Crippen molar-refractivity contribution in [1.29, 1.82) is 0 Å². The number of aromatic nitrogens is 3. The molecule has 0 saturated heterocycles.